The van der Waals surface area contributed by atoms with Gasteiger partial charge < -0.3 is 15.0 Å². The van der Waals surface area contributed by atoms with Crippen LogP contribution in [-0.2, 0) is 19.6 Å². The van der Waals surface area contributed by atoms with E-state index in [1.807, 2.05) is 26.8 Å². The van der Waals surface area contributed by atoms with Crippen LogP contribution in [0.15, 0.2) is 47.4 Å². The Labute approximate surface area is 203 Å². The average molecular weight is 486 g/mol. The average Bonchev–Trinajstić information content (AvgIpc) is 2.86. The first-order chi connectivity index (χ1) is 16.3. The first kappa shape index (κ1) is 24.7. The standard InChI is InChI=1S/C26H35N3O4S/c1-19-4-9-25(18-20(19)2)34(31,32)29-12-10-23(11-13-29)26(30)27-21(3)22-5-7-24(8-6-22)28-14-16-33-17-15-28/h4-9,18,21,23H,10-17H2,1-3H3,(H,27,30). The first-order valence-corrected chi connectivity index (χ1v) is 13.5. The summed E-state index contributed by atoms with van der Waals surface area (Å²) >= 11 is 0. The zero-order valence-electron chi connectivity index (χ0n) is 20.3. The molecule has 0 bridgehead atoms. The lowest BCUT2D eigenvalue weighted by Gasteiger charge is -2.31. The number of sulfonamides is 1. The Morgan fingerprint density at radius 1 is 0.971 bits per heavy atom. The maximum atomic E-state index is 13.0. The third-order valence-corrected chi connectivity index (χ3v) is 8.96. The van der Waals surface area contributed by atoms with E-state index in [0.29, 0.717) is 30.8 Å². The molecule has 34 heavy (non-hydrogen) atoms. The Morgan fingerprint density at radius 3 is 2.24 bits per heavy atom. The largest absolute Gasteiger partial charge is 0.378 e. The first-order valence-electron chi connectivity index (χ1n) is 12.1. The molecule has 2 aliphatic heterocycles. The SMILES string of the molecule is Cc1ccc(S(=O)(=O)N2CCC(C(=O)NC(C)c3ccc(N4CCOCC4)cc3)CC2)cc1C. The molecule has 2 heterocycles. The van der Waals surface area contributed by atoms with Crippen LogP contribution in [0.2, 0.25) is 0 Å². The molecule has 1 atom stereocenters. The fourth-order valence-electron chi connectivity index (χ4n) is 4.59. The summed E-state index contributed by atoms with van der Waals surface area (Å²) in [5, 5.41) is 3.12. The lowest BCUT2D eigenvalue weighted by Crippen LogP contribution is -2.43. The van der Waals surface area contributed by atoms with Gasteiger partial charge in [0.25, 0.3) is 0 Å². The molecule has 7 nitrogen and oxygen atoms in total. The summed E-state index contributed by atoms with van der Waals surface area (Å²) in [5.74, 6) is -0.186. The number of piperidine rings is 1. The number of hydrogen-bond donors (Lipinski definition) is 1. The van der Waals surface area contributed by atoms with E-state index in [9.17, 15) is 13.2 Å². The highest BCUT2D eigenvalue weighted by molar-refractivity contribution is 7.89. The van der Waals surface area contributed by atoms with Crippen LogP contribution in [0.5, 0.6) is 0 Å². The molecule has 2 aromatic carbocycles. The number of morpholine rings is 1. The smallest absolute Gasteiger partial charge is 0.243 e. The molecule has 1 amide bonds. The van der Waals surface area contributed by atoms with E-state index < -0.39 is 10.0 Å². The Balaban J connectivity index is 1.31. The van der Waals surface area contributed by atoms with Gasteiger partial charge in [-0.25, -0.2) is 8.42 Å². The maximum Gasteiger partial charge on any atom is 0.243 e. The van der Waals surface area contributed by atoms with E-state index in [-0.39, 0.29) is 17.9 Å². The Hall–Kier alpha value is -2.42. The van der Waals surface area contributed by atoms with Gasteiger partial charge in [-0.1, -0.05) is 18.2 Å². The van der Waals surface area contributed by atoms with Crippen LogP contribution >= 0.6 is 0 Å². The van der Waals surface area contributed by atoms with Gasteiger partial charge in [0, 0.05) is 37.8 Å². The second-order valence-electron chi connectivity index (χ2n) is 9.35. The molecule has 4 rings (SSSR count). The Morgan fingerprint density at radius 2 is 1.62 bits per heavy atom. The van der Waals surface area contributed by atoms with Crippen molar-refractivity contribution in [3.8, 4) is 0 Å². The van der Waals surface area contributed by atoms with Crippen molar-refractivity contribution in [1.82, 2.24) is 9.62 Å². The number of ether oxygens (including phenoxy) is 1. The lowest BCUT2D eigenvalue weighted by atomic mass is 9.96. The second-order valence-corrected chi connectivity index (χ2v) is 11.3. The molecule has 2 aliphatic rings. The predicted octanol–water partition coefficient (Wildman–Crippen LogP) is 3.42. The van der Waals surface area contributed by atoms with Gasteiger partial charge in [-0.05, 0) is 74.6 Å². The van der Waals surface area contributed by atoms with Crippen LogP contribution in [0.1, 0.15) is 42.5 Å². The van der Waals surface area contributed by atoms with Crippen LogP contribution in [-0.4, -0.2) is 58.0 Å². The van der Waals surface area contributed by atoms with Crippen molar-refractivity contribution in [2.24, 2.45) is 5.92 Å². The number of hydrogen-bond acceptors (Lipinski definition) is 5. The molecular weight excluding hydrogens is 450 g/mol. The molecule has 0 aliphatic carbocycles. The van der Waals surface area contributed by atoms with E-state index in [2.05, 4.69) is 34.5 Å². The minimum atomic E-state index is -3.54. The van der Waals surface area contributed by atoms with Gasteiger partial charge in [0.15, 0.2) is 0 Å². The number of aryl methyl sites for hydroxylation is 2. The molecule has 0 radical (unpaired) electrons. The van der Waals surface area contributed by atoms with Gasteiger partial charge in [-0.3, -0.25) is 4.79 Å². The molecule has 8 heteroatoms. The highest BCUT2D eigenvalue weighted by atomic mass is 32.2. The van der Waals surface area contributed by atoms with Gasteiger partial charge in [0.2, 0.25) is 15.9 Å². The number of rotatable bonds is 6. The van der Waals surface area contributed by atoms with E-state index in [1.165, 1.54) is 9.99 Å². The summed E-state index contributed by atoms with van der Waals surface area (Å²) in [4.78, 5) is 15.5. The summed E-state index contributed by atoms with van der Waals surface area (Å²) in [6, 6.07) is 13.5. The van der Waals surface area contributed by atoms with Gasteiger partial charge >= 0.3 is 0 Å². The molecule has 0 saturated carbocycles. The van der Waals surface area contributed by atoms with E-state index in [1.54, 1.807) is 12.1 Å². The molecule has 1 unspecified atom stereocenters. The number of nitrogens with one attached hydrogen (secondary N) is 1. The zero-order valence-corrected chi connectivity index (χ0v) is 21.1. The van der Waals surface area contributed by atoms with Crippen LogP contribution in [0.4, 0.5) is 5.69 Å². The molecule has 2 saturated heterocycles. The van der Waals surface area contributed by atoms with Crippen molar-refractivity contribution in [3.05, 3.63) is 59.2 Å². The predicted molar refractivity (Wildman–Crippen MR) is 133 cm³/mol. The molecule has 184 valence electrons. The van der Waals surface area contributed by atoms with Gasteiger partial charge in [0.05, 0.1) is 24.2 Å². The molecular formula is C26H35N3O4S. The monoisotopic (exact) mass is 485 g/mol. The molecule has 2 fully saturated rings. The van der Waals surface area contributed by atoms with Crippen molar-refractivity contribution >= 4 is 21.6 Å². The fraction of sp³-hybridized carbons (Fsp3) is 0.500. The number of nitrogens with zero attached hydrogens (tertiary/aromatic N) is 2. The van der Waals surface area contributed by atoms with E-state index in [0.717, 1.165) is 43.0 Å². The maximum absolute atomic E-state index is 13.0. The van der Waals surface area contributed by atoms with Crippen molar-refractivity contribution in [2.45, 2.75) is 44.6 Å². The molecule has 1 N–H and O–H groups in total. The third-order valence-electron chi connectivity index (χ3n) is 7.07. The quantitative estimate of drug-likeness (QED) is 0.678. The van der Waals surface area contributed by atoms with Gasteiger partial charge in [-0.2, -0.15) is 4.31 Å². The number of carbonyl (C=O) groups excluding carboxylic acids is 1. The number of amides is 1. The van der Waals surface area contributed by atoms with Crippen LogP contribution < -0.4 is 10.2 Å². The van der Waals surface area contributed by atoms with Gasteiger partial charge in [-0.15, -0.1) is 0 Å². The van der Waals surface area contributed by atoms with E-state index in [4.69, 9.17) is 4.74 Å². The van der Waals surface area contributed by atoms with Gasteiger partial charge in [0.1, 0.15) is 0 Å². The fourth-order valence-corrected chi connectivity index (χ4v) is 6.15. The summed E-state index contributed by atoms with van der Waals surface area (Å²) in [6.45, 7) is 9.87. The summed E-state index contributed by atoms with van der Waals surface area (Å²) in [5.41, 5.74) is 4.25. The Kier molecular flexibility index (Phi) is 7.60. The Bertz CT molecular complexity index is 1100. The van der Waals surface area contributed by atoms with Crippen molar-refractivity contribution in [2.75, 3.05) is 44.3 Å². The topological polar surface area (TPSA) is 79.0 Å². The number of benzene rings is 2. The van der Waals surface area contributed by atoms with Crippen molar-refractivity contribution in [1.29, 1.82) is 0 Å². The second kappa shape index (κ2) is 10.5. The summed E-state index contributed by atoms with van der Waals surface area (Å²) in [6.07, 6.45) is 1.05. The third kappa shape index (κ3) is 5.45. The normalized spacial score (nSPS) is 19.1. The minimum Gasteiger partial charge on any atom is -0.378 e. The van der Waals surface area contributed by atoms with Crippen molar-refractivity contribution in [3.63, 3.8) is 0 Å². The lowest BCUT2D eigenvalue weighted by molar-refractivity contribution is -0.126. The van der Waals surface area contributed by atoms with E-state index >= 15 is 0 Å². The number of carbonyl (C=O) groups is 1. The van der Waals surface area contributed by atoms with Crippen molar-refractivity contribution < 1.29 is 17.9 Å². The summed E-state index contributed by atoms with van der Waals surface area (Å²) < 4.78 is 33.0. The highest BCUT2D eigenvalue weighted by Crippen LogP contribution is 2.26. The van der Waals surface area contributed by atoms with Crippen LogP contribution in [0.25, 0.3) is 0 Å². The molecule has 0 aromatic heterocycles. The highest BCUT2D eigenvalue weighted by Gasteiger charge is 2.32. The molecule has 0 spiro atoms. The van der Waals surface area contributed by atoms with Crippen LogP contribution in [0.3, 0.4) is 0 Å². The minimum absolute atomic E-state index is 0.00650. The summed E-state index contributed by atoms with van der Waals surface area (Å²) in [7, 11) is -3.54. The van der Waals surface area contributed by atoms with Crippen LogP contribution in [0, 0.1) is 19.8 Å². The number of anilines is 1. The molecule has 2 aromatic rings. The zero-order chi connectivity index (χ0) is 24.3.